The number of amides is 1. The molecule has 2 aromatic heterocycles. The molecule has 0 spiro atoms. The predicted molar refractivity (Wildman–Crippen MR) is 113 cm³/mol. The molecule has 6 nitrogen and oxygen atoms in total. The quantitative estimate of drug-likeness (QED) is 0.721. The molecule has 6 heteroatoms. The second-order valence-corrected chi connectivity index (χ2v) is 7.48. The van der Waals surface area contributed by atoms with Gasteiger partial charge in [0.25, 0.3) is 5.91 Å². The van der Waals surface area contributed by atoms with Crippen LogP contribution in [0.1, 0.15) is 46.2 Å². The topological polar surface area (TPSA) is 71.0 Å². The molecule has 1 unspecified atom stereocenters. The third-order valence-corrected chi connectivity index (χ3v) is 5.27. The van der Waals surface area contributed by atoms with E-state index in [0.29, 0.717) is 11.3 Å². The van der Waals surface area contributed by atoms with Gasteiger partial charge in [0.05, 0.1) is 11.3 Å². The van der Waals surface area contributed by atoms with Crippen LogP contribution in [0.5, 0.6) is 0 Å². The van der Waals surface area contributed by atoms with Crippen molar-refractivity contribution in [3.63, 3.8) is 0 Å². The van der Waals surface area contributed by atoms with E-state index in [1.807, 2.05) is 49.5 Å². The zero-order chi connectivity index (χ0) is 20.1. The van der Waals surface area contributed by atoms with Crippen LogP contribution in [0, 0.1) is 6.92 Å². The number of hydrogen-bond acceptors (Lipinski definition) is 5. The first-order chi connectivity index (χ1) is 14.2. The minimum Gasteiger partial charge on any atom is -0.322 e. The van der Waals surface area contributed by atoms with Crippen molar-refractivity contribution in [3.05, 3.63) is 83.7 Å². The number of nitrogens with zero attached hydrogens (tertiary/aromatic N) is 4. The summed E-state index contributed by atoms with van der Waals surface area (Å²) in [5.74, 6) is 0.933. The Hall–Kier alpha value is -3.12. The van der Waals surface area contributed by atoms with Gasteiger partial charge in [-0.1, -0.05) is 24.3 Å². The Kier molecular flexibility index (Phi) is 5.91. The average Bonchev–Trinajstić information content (AvgIpc) is 2.75. The lowest BCUT2D eigenvalue weighted by atomic mass is 9.96. The van der Waals surface area contributed by atoms with Gasteiger partial charge in [0.15, 0.2) is 0 Å². The van der Waals surface area contributed by atoms with Gasteiger partial charge >= 0.3 is 0 Å². The zero-order valence-electron chi connectivity index (χ0n) is 16.6. The summed E-state index contributed by atoms with van der Waals surface area (Å²) in [6, 6.07) is 13.5. The summed E-state index contributed by atoms with van der Waals surface area (Å²) in [6.45, 7) is 4.76. The first kappa shape index (κ1) is 19.2. The van der Waals surface area contributed by atoms with Gasteiger partial charge in [-0.05, 0) is 50.1 Å². The summed E-state index contributed by atoms with van der Waals surface area (Å²) >= 11 is 0. The van der Waals surface area contributed by atoms with Crippen LogP contribution >= 0.6 is 0 Å². The molecule has 1 amide bonds. The van der Waals surface area contributed by atoms with Crippen LogP contribution in [-0.4, -0.2) is 38.8 Å². The van der Waals surface area contributed by atoms with E-state index in [-0.39, 0.29) is 11.8 Å². The molecule has 3 heterocycles. The number of piperidine rings is 1. The number of anilines is 1. The average molecular weight is 387 g/mol. The lowest BCUT2D eigenvalue weighted by molar-refractivity contribution is 0.102. The van der Waals surface area contributed by atoms with Gasteiger partial charge in [-0.25, -0.2) is 9.97 Å². The Morgan fingerprint density at radius 3 is 2.79 bits per heavy atom. The Balaban J connectivity index is 1.43. The fourth-order valence-electron chi connectivity index (χ4n) is 3.78. The Morgan fingerprint density at radius 2 is 2.03 bits per heavy atom. The highest BCUT2D eigenvalue weighted by Gasteiger charge is 2.24. The van der Waals surface area contributed by atoms with Gasteiger partial charge in [0.2, 0.25) is 0 Å². The van der Waals surface area contributed by atoms with E-state index in [0.717, 1.165) is 44.0 Å². The van der Waals surface area contributed by atoms with Crippen LogP contribution in [0.3, 0.4) is 0 Å². The van der Waals surface area contributed by atoms with Gasteiger partial charge in [-0.3, -0.25) is 14.7 Å². The molecule has 0 bridgehead atoms. The number of benzene rings is 1. The second kappa shape index (κ2) is 8.92. The molecule has 1 saturated heterocycles. The lowest BCUT2D eigenvalue weighted by Crippen LogP contribution is -2.34. The van der Waals surface area contributed by atoms with Crippen molar-refractivity contribution in [2.24, 2.45) is 0 Å². The van der Waals surface area contributed by atoms with Gasteiger partial charge in [0.1, 0.15) is 5.82 Å². The van der Waals surface area contributed by atoms with Crippen molar-refractivity contribution >= 4 is 11.6 Å². The van der Waals surface area contributed by atoms with Crippen molar-refractivity contribution in [3.8, 4) is 0 Å². The van der Waals surface area contributed by atoms with Crippen LogP contribution in [0.25, 0.3) is 0 Å². The fourth-order valence-corrected chi connectivity index (χ4v) is 3.78. The van der Waals surface area contributed by atoms with Crippen LogP contribution in [0.2, 0.25) is 0 Å². The number of aryl methyl sites for hydroxylation is 1. The Morgan fingerprint density at radius 1 is 1.17 bits per heavy atom. The predicted octanol–water partition coefficient (Wildman–Crippen LogP) is 3.81. The smallest absolute Gasteiger partial charge is 0.259 e. The van der Waals surface area contributed by atoms with E-state index < -0.39 is 0 Å². The van der Waals surface area contributed by atoms with Crippen LogP contribution in [-0.2, 0) is 6.54 Å². The molecule has 1 N–H and O–H groups in total. The SMILES string of the molecule is Cc1nc(C2CCCN(Cc3cccnc3)C2)ncc1C(=O)Nc1ccccc1. The first-order valence-electron chi connectivity index (χ1n) is 10.0. The summed E-state index contributed by atoms with van der Waals surface area (Å²) in [6.07, 6.45) is 7.57. The van der Waals surface area contributed by atoms with Crippen LogP contribution in [0.15, 0.2) is 61.1 Å². The standard InChI is InChI=1S/C23H25N5O/c1-17-21(23(29)27-20-9-3-2-4-10-20)14-25-22(26-17)19-8-6-12-28(16-19)15-18-7-5-11-24-13-18/h2-5,7,9-11,13-14,19H,6,8,12,15-16H2,1H3,(H,27,29). The summed E-state index contributed by atoms with van der Waals surface area (Å²) in [7, 11) is 0. The number of aromatic nitrogens is 3. The fraction of sp³-hybridized carbons (Fsp3) is 0.304. The number of pyridine rings is 1. The van der Waals surface area contributed by atoms with E-state index >= 15 is 0 Å². The highest BCUT2D eigenvalue weighted by atomic mass is 16.1. The number of para-hydroxylation sites is 1. The number of nitrogens with one attached hydrogen (secondary N) is 1. The molecule has 148 valence electrons. The number of carbonyl (C=O) groups is 1. The van der Waals surface area contributed by atoms with Crippen molar-refractivity contribution in [1.29, 1.82) is 0 Å². The van der Waals surface area contributed by atoms with Gasteiger partial charge in [-0.2, -0.15) is 0 Å². The molecule has 0 radical (unpaired) electrons. The highest BCUT2D eigenvalue weighted by molar-refractivity contribution is 6.04. The van der Waals surface area contributed by atoms with Gasteiger partial charge < -0.3 is 5.32 Å². The largest absolute Gasteiger partial charge is 0.322 e. The minimum absolute atomic E-state index is 0.179. The van der Waals surface area contributed by atoms with Gasteiger partial charge in [-0.15, -0.1) is 0 Å². The van der Waals surface area contributed by atoms with Gasteiger partial charge in [0, 0.05) is 43.3 Å². The van der Waals surface area contributed by atoms with Crippen molar-refractivity contribution in [2.45, 2.75) is 32.2 Å². The highest BCUT2D eigenvalue weighted by Crippen LogP contribution is 2.26. The summed E-state index contributed by atoms with van der Waals surface area (Å²) in [5.41, 5.74) is 3.21. The number of carbonyl (C=O) groups excluding carboxylic acids is 1. The third-order valence-electron chi connectivity index (χ3n) is 5.27. The molecular formula is C23H25N5O. The van der Waals surface area contributed by atoms with E-state index in [1.165, 1.54) is 5.56 Å². The normalized spacial score (nSPS) is 17.1. The molecule has 0 saturated carbocycles. The molecule has 3 aromatic rings. The maximum atomic E-state index is 12.6. The molecule has 1 atom stereocenters. The van der Waals surface area contributed by atoms with Crippen LogP contribution in [0.4, 0.5) is 5.69 Å². The molecule has 0 aliphatic carbocycles. The number of rotatable bonds is 5. The molecule has 4 rings (SSSR count). The zero-order valence-corrected chi connectivity index (χ0v) is 16.6. The molecule has 29 heavy (non-hydrogen) atoms. The summed E-state index contributed by atoms with van der Waals surface area (Å²) < 4.78 is 0. The van der Waals surface area contributed by atoms with Crippen molar-refractivity contribution in [2.75, 3.05) is 18.4 Å². The molecule has 1 aliphatic rings. The van der Waals surface area contributed by atoms with Crippen molar-refractivity contribution in [1.82, 2.24) is 19.9 Å². The first-order valence-corrected chi connectivity index (χ1v) is 10.0. The maximum Gasteiger partial charge on any atom is 0.259 e. The summed E-state index contributed by atoms with van der Waals surface area (Å²) in [5, 5.41) is 2.90. The maximum absolute atomic E-state index is 12.6. The van der Waals surface area contributed by atoms with E-state index in [9.17, 15) is 4.79 Å². The van der Waals surface area contributed by atoms with Crippen molar-refractivity contribution < 1.29 is 4.79 Å². The molecule has 1 aromatic carbocycles. The minimum atomic E-state index is -0.179. The lowest BCUT2D eigenvalue weighted by Gasteiger charge is -2.32. The third kappa shape index (κ3) is 4.84. The molecule has 1 aliphatic heterocycles. The van der Waals surface area contributed by atoms with E-state index in [4.69, 9.17) is 4.98 Å². The Bertz CT molecular complexity index is 962. The molecule has 1 fully saturated rings. The number of hydrogen-bond donors (Lipinski definition) is 1. The Labute approximate surface area is 171 Å². The number of likely N-dealkylation sites (tertiary alicyclic amines) is 1. The van der Waals surface area contributed by atoms with Crippen LogP contribution < -0.4 is 5.32 Å². The van der Waals surface area contributed by atoms with E-state index in [2.05, 4.69) is 26.3 Å². The monoisotopic (exact) mass is 387 g/mol. The van der Waals surface area contributed by atoms with E-state index in [1.54, 1.807) is 12.4 Å². The second-order valence-electron chi connectivity index (χ2n) is 7.48. The summed E-state index contributed by atoms with van der Waals surface area (Å²) in [4.78, 5) is 28.5. The molecular weight excluding hydrogens is 362 g/mol.